The summed E-state index contributed by atoms with van der Waals surface area (Å²) >= 11 is 0. The fraction of sp³-hybridized carbons (Fsp3) is 0.585. The van der Waals surface area contributed by atoms with Crippen LogP contribution in [0.2, 0.25) is 0 Å². The van der Waals surface area contributed by atoms with E-state index in [2.05, 4.69) is 154 Å². The molecule has 0 amide bonds. The monoisotopic (exact) mass is 979 g/mol. The van der Waals surface area contributed by atoms with E-state index in [1.807, 2.05) is 12.2 Å². The lowest BCUT2D eigenvalue weighted by Crippen LogP contribution is -2.30. The van der Waals surface area contributed by atoms with E-state index in [0.717, 1.165) is 128 Å². The Kier molecular flexibility index (Phi) is 54.0. The SMILES string of the molecule is CC/C=C\C/C=C\C/C=C\C/C=C\C/C=C\C/C=C\CCCCCCC(=O)OCC(COC(=O)CCCCCCCCCCCCC)OC(=O)CC/C=C\C/C=C\C/C=C\C/C=C\C/C=C\C/C=C\CC. The largest absolute Gasteiger partial charge is 0.462 e. The van der Waals surface area contributed by atoms with Crippen LogP contribution in [0.1, 0.15) is 226 Å². The van der Waals surface area contributed by atoms with Crippen molar-refractivity contribution in [1.82, 2.24) is 0 Å². The van der Waals surface area contributed by atoms with Crippen LogP contribution >= 0.6 is 0 Å². The lowest BCUT2D eigenvalue weighted by atomic mass is 10.1. The van der Waals surface area contributed by atoms with Crippen molar-refractivity contribution in [2.45, 2.75) is 232 Å². The molecule has 398 valence electrons. The lowest BCUT2D eigenvalue weighted by Gasteiger charge is -2.18. The summed E-state index contributed by atoms with van der Waals surface area (Å²) in [5, 5.41) is 0. The lowest BCUT2D eigenvalue weighted by molar-refractivity contribution is -0.166. The smallest absolute Gasteiger partial charge is 0.306 e. The second-order valence-electron chi connectivity index (χ2n) is 18.1. The fourth-order valence-corrected chi connectivity index (χ4v) is 7.18. The van der Waals surface area contributed by atoms with Crippen molar-refractivity contribution in [3.63, 3.8) is 0 Å². The first-order valence-corrected chi connectivity index (χ1v) is 28.3. The predicted octanol–water partition coefficient (Wildman–Crippen LogP) is 19.2. The van der Waals surface area contributed by atoms with Gasteiger partial charge in [0.25, 0.3) is 0 Å². The van der Waals surface area contributed by atoms with Gasteiger partial charge in [0.2, 0.25) is 0 Å². The molecule has 1 unspecified atom stereocenters. The molecule has 0 aromatic heterocycles. The van der Waals surface area contributed by atoms with Crippen molar-refractivity contribution in [1.29, 1.82) is 0 Å². The summed E-state index contributed by atoms with van der Waals surface area (Å²) in [5.41, 5.74) is 0. The van der Waals surface area contributed by atoms with Gasteiger partial charge in [0.15, 0.2) is 6.10 Å². The molecule has 0 spiro atoms. The van der Waals surface area contributed by atoms with Crippen molar-refractivity contribution < 1.29 is 28.6 Å². The van der Waals surface area contributed by atoms with E-state index in [9.17, 15) is 14.4 Å². The second-order valence-corrected chi connectivity index (χ2v) is 18.1. The highest BCUT2D eigenvalue weighted by atomic mass is 16.6. The molecule has 0 aromatic carbocycles. The maximum Gasteiger partial charge on any atom is 0.306 e. The van der Waals surface area contributed by atoms with E-state index < -0.39 is 12.1 Å². The molecule has 0 aliphatic rings. The molecular weight excluding hydrogens is 877 g/mol. The van der Waals surface area contributed by atoms with Crippen molar-refractivity contribution in [3.05, 3.63) is 146 Å². The molecule has 71 heavy (non-hydrogen) atoms. The van der Waals surface area contributed by atoms with Gasteiger partial charge in [-0.05, 0) is 109 Å². The highest BCUT2D eigenvalue weighted by Crippen LogP contribution is 2.13. The number of allylic oxidation sites excluding steroid dienone is 24. The van der Waals surface area contributed by atoms with Gasteiger partial charge in [0, 0.05) is 19.3 Å². The molecule has 0 heterocycles. The minimum Gasteiger partial charge on any atom is -0.462 e. The number of rotatable bonds is 49. The summed E-state index contributed by atoms with van der Waals surface area (Å²) in [6.45, 7) is 6.30. The number of esters is 3. The molecule has 1 atom stereocenters. The van der Waals surface area contributed by atoms with Crippen molar-refractivity contribution in [3.8, 4) is 0 Å². The van der Waals surface area contributed by atoms with Gasteiger partial charge in [-0.3, -0.25) is 14.4 Å². The van der Waals surface area contributed by atoms with Crippen LogP contribution in [-0.4, -0.2) is 37.2 Å². The maximum absolute atomic E-state index is 12.8. The molecule has 0 saturated heterocycles. The Hall–Kier alpha value is -4.71. The van der Waals surface area contributed by atoms with Gasteiger partial charge >= 0.3 is 17.9 Å². The number of unbranched alkanes of at least 4 members (excludes halogenated alkanes) is 14. The van der Waals surface area contributed by atoms with Crippen molar-refractivity contribution in [2.24, 2.45) is 0 Å². The molecule has 0 bridgehead atoms. The first-order chi connectivity index (χ1) is 35.0. The number of ether oxygens (including phenoxy) is 3. The Bertz CT molecular complexity index is 1590. The van der Waals surface area contributed by atoms with Crippen LogP contribution in [-0.2, 0) is 28.6 Å². The van der Waals surface area contributed by atoms with Gasteiger partial charge in [-0.2, -0.15) is 0 Å². The Morgan fingerprint density at radius 3 is 0.915 bits per heavy atom. The number of carbonyl (C=O) groups excluding carboxylic acids is 3. The van der Waals surface area contributed by atoms with Gasteiger partial charge in [-0.15, -0.1) is 0 Å². The number of hydrogen-bond acceptors (Lipinski definition) is 6. The van der Waals surface area contributed by atoms with Gasteiger partial charge in [-0.25, -0.2) is 0 Å². The zero-order chi connectivity index (χ0) is 51.4. The summed E-state index contributed by atoms with van der Waals surface area (Å²) in [4.78, 5) is 38.1. The van der Waals surface area contributed by atoms with Crippen LogP contribution in [0.3, 0.4) is 0 Å². The molecule has 0 rings (SSSR count). The molecule has 0 aliphatic heterocycles. The normalized spacial score (nSPS) is 13.2. The van der Waals surface area contributed by atoms with Gasteiger partial charge in [0.05, 0.1) is 0 Å². The van der Waals surface area contributed by atoms with Crippen molar-refractivity contribution >= 4 is 17.9 Å². The van der Waals surface area contributed by atoms with E-state index in [0.29, 0.717) is 19.3 Å². The van der Waals surface area contributed by atoms with E-state index in [1.54, 1.807) is 0 Å². The molecule has 0 fully saturated rings. The molecule has 6 heteroatoms. The van der Waals surface area contributed by atoms with Crippen LogP contribution < -0.4 is 0 Å². The molecule has 6 nitrogen and oxygen atoms in total. The Morgan fingerprint density at radius 2 is 0.577 bits per heavy atom. The summed E-state index contributed by atoms with van der Waals surface area (Å²) in [6.07, 6.45) is 82.8. The highest BCUT2D eigenvalue weighted by Gasteiger charge is 2.19. The average Bonchev–Trinajstić information content (AvgIpc) is 3.37. The van der Waals surface area contributed by atoms with Crippen LogP contribution in [0, 0.1) is 0 Å². The Labute approximate surface area is 436 Å². The van der Waals surface area contributed by atoms with E-state index >= 15 is 0 Å². The van der Waals surface area contributed by atoms with Gasteiger partial charge in [-0.1, -0.05) is 244 Å². The molecule has 0 aromatic rings. The third-order valence-corrected chi connectivity index (χ3v) is 11.4. The number of carbonyl (C=O) groups is 3. The van der Waals surface area contributed by atoms with Gasteiger partial charge < -0.3 is 14.2 Å². The first kappa shape index (κ1) is 66.3. The predicted molar refractivity (Wildman–Crippen MR) is 306 cm³/mol. The quantitative estimate of drug-likeness (QED) is 0.0262. The van der Waals surface area contributed by atoms with Crippen LogP contribution in [0.25, 0.3) is 0 Å². The third kappa shape index (κ3) is 56.1. The van der Waals surface area contributed by atoms with E-state index in [1.165, 1.54) is 51.4 Å². The maximum atomic E-state index is 12.8. The molecule has 0 saturated carbocycles. The van der Waals surface area contributed by atoms with Crippen LogP contribution in [0.15, 0.2) is 146 Å². The van der Waals surface area contributed by atoms with Gasteiger partial charge in [0.1, 0.15) is 13.2 Å². The zero-order valence-corrected chi connectivity index (χ0v) is 45.4. The highest BCUT2D eigenvalue weighted by molar-refractivity contribution is 5.71. The minimum absolute atomic E-state index is 0.121. The van der Waals surface area contributed by atoms with E-state index in [4.69, 9.17) is 14.2 Å². The molecule has 0 aliphatic carbocycles. The fourth-order valence-electron chi connectivity index (χ4n) is 7.18. The molecular formula is C65H102O6. The summed E-state index contributed by atoms with van der Waals surface area (Å²) in [5.74, 6) is -1.04. The van der Waals surface area contributed by atoms with Crippen LogP contribution in [0.5, 0.6) is 0 Å². The first-order valence-electron chi connectivity index (χ1n) is 28.3. The minimum atomic E-state index is -0.834. The molecule has 0 N–H and O–H groups in total. The topological polar surface area (TPSA) is 78.9 Å². The Morgan fingerprint density at radius 1 is 0.296 bits per heavy atom. The molecule has 0 radical (unpaired) electrons. The second kappa shape index (κ2) is 57.9. The van der Waals surface area contributed by atoms with Crippen LogP contribution in [0.4, 0.5) is 0 Å². The third-order valence-electron chi connectivity index (χ3n) is 11.4. The summed E-state index contributed by atoms with van der Waals surface area (Å²) in [7, 11) is 0. The Balaban J connectivity index is 4.52. The standard InChI is InChI=1S/C65H102O6/c1-4-7-10-13-16-19-22-24-26-28-30-31-32-33-35-36-38-40-43-46-49-52-55-58-64(67)70-61-62(60-69-63(66)57-54-51-48-45-42-21-18-15-12-9-6-3)71-65(68)59-56-53-50-47-44-41-39-37-34-29-27-25-23-20-17-14-11-8-5-2/h7-8,10-11,16-17,19-20,24-27,30-31,33-35,37-38,40-41,44,50,53,62H,4-6,9,12-15,18,21-23,28-29,32,36,39,42-43,45-49,51-52,54-61H2,1-3H3/b10-7-,11-8-,19-16-,20-17-,26-24-,27-25-,31-30-,35-33-,37-34-,40-38-,44-41-,53-50-. The van der Waals surface area contributed by atoms with E-state index in [-0.39, 0.29) is 31.6 Å². The average molecular weight is 980 g/mol. The number of hydrogen-bond donors (Lipinski definition) is 0. The zero-order valence-electron chi connectivity index (χ0n) is 45.4. The van der Waals surface area contributed by atoms with Crippen molar-refractivity contribution in [2.75, 3.05) is 13.2 Å². The summed E-state index contributed by atoms with van der Waals surface area (Å²) < 4.78 is 16.7. The summed E-state index contributed by atoms with van der Waals surface area (Å²) in [6, 6.07) is 0.